The lowest BCUT2D eigenvalue weighted by atomic mass is 9.49. The van der Waals surface area contributed by atoms with Gasteiger partial charge in [0.15, 0.2) is 0 Å². The minimum atomic E-state index is -0.559. The number of likely N-dealkylation sites (tertiary alicyclic amines) is 1. The molecule has 59 heavy (non-hydrogen) atoms. The van der Waals surface area contributed by atoms with Crippen molar-refractivity contribution in [2.75, 3.05) is 13.1 Å². The van der Waals surface area contributed by atoms with Gasteiger partial charge in [0, 0.05) is 19.0 Å². The van der Waals surface area contributed by atoms with Crippen LogP contribution in [0.5, 0.6) is 0 Å². The molecule has 16 atom stereocenters. The Kier molecular flexibility index (Phi) is 15.2. The van der Waals surface area contributed by atoms with Gasteiger partial charge in [0.25, 0.3) is 0 Å². The summed E-state index contributed by atoms with van der Waals surface area (Å²) in [7, 11) is 0. The molecule has 10 aliphatic rings. The molecule has 0 aromatic heterocycles. The van der Waals surface area contributed by atoms with Crippen LogP contribution in [0.4, 0.5) is 0 Å². The van der Waals surface area contributed by atoms with Gasteiger partial charge in [0.2, 0.25) is 5.91 Å². The fraction of sp³-hybridized carbons (Fsp3) is 0.962. The van der Waals surface area contributed by atoms with Crippen LogP contribution in [-0.2, 0) is 9.59 Å². The summed E-state index contributed by atoms with van der Waals surface area (Å²) < 4.78 is 0. The van der Waals surface area contributed by atoms with E-state index in [0.29, 0.717) is 23.7 Å². The summed E-state index contributed by atoms with van der Waals surface area (Å²) in [6.07, 6.45) is 33.7. The van der Waals surface area contributed by atoms with Gasteiger partial charge in [-0.25, -0.2) is 0 Å². The number of carbonyl (C=O) groups excluding carboxylic acids is 1. The van der Waals surface area contributed by atoms with Crippen molar-refractivity contribution in [3.63, 3.8) is 0 Å². The summed E-state index contributed by atoms with van der Waals surface area (Å²) in [6, 6.07) is 0. The van der Waals surface area contributed by atoms with E-state index in [9.17, 15) is 24.9 Å². The minimum Gasteiger partial charge on any atom is -0.481 e. The summed E-state index contributed by atoms with van der Waals surface area (Å²) >= 11 is 0. The van der Waals surface area contributed by atoms with Crippen molar-refractivity contribution in [2.24, 2.45) is 81.8 Å². The molecular formula is C53H93NO5. The predicted octanol–water partition coefficient (Wildman–Crippen LogP) is 12.7. The maximum absolute atomic E-state index is 13.4. The van der Waals surface area contributed by atoms with Crippen molar-refractivity contribution >= 4 is 11.9 Å². The molecule has 0 aromatic carbocycles. The van der Waals surface area contributed by atoms with Gasteiger partial charge in [-0.05, 0) is 219 Å². The number of rotatable bonds is 2. The average Bonchev–Trinajstić information content (AvgIpc) is 3.75. The molecule has 0 aromatic rings. The number of carbonyl (C=O) groups is 2. The third-order valence-electron chi connectivity index (χ3n) is 20.2. The van der Waals surface area contributed by atoms with Crippen LogP contribution in [-0.4, -0.2) is 56.4 Å². The largest absolute Gasteiger partial charge is 0.481 e. The van der Waals surface area contributed by atoms with Crippen LogP contribution in [0.15, 0.2) is 0 Å². The highest BCUT2D eigenvalue weighted by Gasteiger charge is 2.61. The molecule has 9 saturated carbocycles. The SMILES string of the molecule is C.C.C1CCCCC1.C[C@@]1(O)CC[C@H]2[C@H](CC[C@@H]3[C@@H]2CC[C@]2(C)[C@@H](C(=O)N4CCCCC4)CC[C@@H]32)C1.C[C@@]1(O)CC[C@H]2[C@H](CC[C@@H]3[C@@H]2CC[C@]2(C)[C@@H](C(=O)O)CC[C@@H]32)C1. The van der Waals surface area contributed by atoms with E-state index in [-0.39, 0.29) is 31.6 Å². The Morgan fingerprint density at radius 3 is 1.29 bits per heavy atom. The fourth-order valence-corrected chi connectivity index (χ4v) is 17.4. The first-order valence-electron chi connectivity index (χ1n) is 25.2. The zero-order chi connectivity index (χ0) is 40.2. The quantitative estimate of drug-likeness (QED) is 0.258. The molecule has 10 fully saturated rings. The number of amides is 1. The Morgan fingerprint density at radius 1 is 0.458 bits per heavy atom. The number of carboxylic acid groups (broad SMARTS) is 1. The van der Waals surface area contributed by atoms with Gasteiger partial charge in [0.05, 0.1) is 17.1 Å². The summed E-state index contributed by atoms with van der Waals surface area (Å²) in [6.45, 7) is 10.9. The Hall–Kier alpha value is -1.14. The third-order valence-corrected chi connectivity index (χ3v) is 20.2. The van der Waals surface area contributed by atoms with E-state index in [1.165, 1.54) is 122 Å². The molecule has 0 radical (unpaired) electrons. The maximum Gasteiger partial charge on any atom is 0.307 e. The van der Waals surface area contributed by atoms with E-state index in [1.54, 1.807) is 0 Å². The molecule has 10 rings (SSSR count). The Morgan fingerprint density at radius 2 is 0.847 bits per heavy atom. The molecule has 1 saturated heterocycles. The Balaban J connectivity index is 0.000000171. The molecule has 1 heterocycles. The zero-order valence-electron chi connectivity index (χ0n) is 37.0. The van der Waals surface area contributed by atoms with Crippen molar-refractivity contribution in [3.05, 3.63) is 0 Å². The van der Waals surface area contributed by atoms with Gasteiger partial charge in [-0.1, -0.05) is 67.2 Å². The molecule has 1 amide bonds. The Labute approximate surface area is 362 Å². The molecular weight excluding hydrogens is 731 g/mol. The lowest BCUT2D eigenvalue weighted by Gasteiger charge is -2.57. The van der Waals surface area contributed by atoms with E-state index < -0.39 is 17.2 Å². The van der Waals surface area contributed by atoms with Crippen molar-refractivity contribution < 1.29 is 24.9 Å². The number of nitrogens with zero attached hydrogens (tertiary/aromatic N) is 1. The smallest absolute Gasteiger partial charge is 0.307 e. The minimum absolute atomic E-state index is 0. The van der Waals surface area contributed by atoms with Crippen LogP contribution < -0.4 is 0 Å². The molecule has 9 aliphatic carbocycles. The van der Waals surface area contributed by atoms with Crippen molar-refractivity contribution in [3.8, 4) is 0 Å². The second-order valence-corrected chi connectivity index (χ2v) is 23.5. The summed E-state index contributed by atoms with van der Waals surface area (Å²) in [5, 5.41) is 30.6. The van der Waals surface area contributed by atoms with Crippen molar-refractivity contribution in [2.45, 2.75) is 227 Å². The normalized spacial score (nSPS) is 48.4. The molecule has 0 bridgehead atoms. The van der Waals surface area contributed by atoms with E-state index in [4.69, 9.17) is 0 Å². The van der Waals surface area contributed by atoms with E-state index >= 15 is 0 Å². The summed E-state index contributed by atoms with van der Waals surface area (Å²) in [5.74, 6) is 7.90. The van der Waals surface area contributed by atoms with Crippen LogP contribution in [0, 0.1) is 81.8 Å². The number of hydrogen-bond donors (Lipinski definition) is 3. The number of aliphatic carboxylic acids is 1. The molecule has 6 heteroatoms. The third kappa shape index (κ3) is 9.41. The Bertz CT molecular complexity index is 1390. The second kappa shape index (κ2) is 18.9. The van der Waals surface area contributed by atoms with Crippen LogP contribution in [0.25, 0.3) is 0 Å². The van der Waals surface area contributed by atoms with Crippen molar-refractivity contribution in [1.82, 2.24) is 4.90 Å². The number of fused-ring (bicyclic) bond motifs is 10. The van der Waals surface area contributed by atoms with Crippen molar-refractivity contribution in [1.29, 1.82) is 0 Å². The topological polar surface area (TPSA) is 98.1 Å². The average molecular weight is 824 g/mol. The number of aliphatic hydroxyl groups is 2. The van der Waals surface area contributed by atoms with E-state index in [1.807, 2.05) is 6.92 Å². The number of carboxylic acids is 1. The van der Waals surface area contributed by atoms with Gasteiger partial charge in [-0.15, -0.1) is 0 Å². The summed E-state index contributed by atoms with van der Waals surface area (Å²) in [4.78, 5) is 27.3. The summed E-state index contributed by atoms with van der Waals surface area (Å²) in [5.41, 5.74) is -0.571. The molecule has 6 nitrogen and oxygen atoms in total. The van der Waals surface area contributed by atoms with Crippen LogP contribution in [0.2, 0.25) is 0 Å². The molecule has 0 spiro atoms. The highest BCUT2D eigenvalue weighted by Crippen LogP contribution is 2.66. The molecule has 1 aliphatic heterocycles. The lowest BCUT2D eigenvalue weighted by Crippen LogP contribution is -2.52. The monoisotopic (exact) mass is 824 g/mol. The lowest BCUT2D eigenvalue weighted by molar-refractivity contribution is -0.150. The van der Waals surface area contributed by atoms with Gasteiger partial charge in [-0.2, -0.15) is 0 Å². The zero-order valence-corrected chi connectivity index (χ0v) is 37.0. The predicted molar refractivity (Wildman–Crippen MR) is 242 cm³/mol. The van der Waals surface area contributed by atoms with Gasteiger partial charge >= 0.3 is 5.97 Å². The molecule has 3 N–H and O–H groups in total. The van der Waals surface area contributed by atoms with E-state index in [2.05, 4.69) is 25.7 Å². The van der Waals surface area contributed by atoms with Gasteiger partial charge in [0.1, 0.15) is 0 Å². The van der Waals surface area contributed by atoms with Crippen LogP contribution in [0.1, 0.15) is 216 Å². The number of piperidine rings is 1. The highest BCUT2D eigenvalue weighted by molar-refractivity contribution is 5.80. The first-order valence-corrected chi connectivity index (χ1v) is 25.2. The van der Waals surface area contributed by atoms with Gasteiger partial charge in [-0.3, -0.25) is 9.59 Å². The standard InChI is InChI=1S/C25H41NO2.C20H32O3.C6H12.2CH4/c1-24(28)12-10-18-17(16-24)6-7-20-19(18)11-13-25(2)21(20)8-9-22(25)23(27)26-14-4-3-5-15-26;1-19(23)9-7-13-12(11-19)3-4-15-14(13)8-10-20(2)16(15)5-6-17(20)18(21)22;1-2-4-6-5-3-1;;/h17-22,28H,3-16H2,1-2H3;12-17,23H,3-11H2,1-2H3,(H,21,22);1-6H2;2*1H4/t17-,18+,19-,20-,21+,22-,24-,25+;12-,13+,14-,15-,16+,17-,19-,20+;;;/m11.../s1. The molecule has 0 unspecified atom stereocenters. The fourth-order valence-electron chi connectivity index (χ4n) is 17.4. The maximum atomic E-state index is 13.4. The highest BCUT2D eigenvalue weighted by atomic mass is 16.4. The van der Waals surface area contributed by atoms with E-state index in [0.717, 1.165) is 112 Å². The van der Waals surface area contributed by atoms with Gasteiger partial charge < -0.3 is 20.2 Å². The second-order valence-electron chi connectivity index (χ2n) is 23.5. The number of hydrogen-bond acceptors (Lipinski definition) is 4. The van der Waals surface area contributed by atoms with Crippen LogP contribution in [0.3, 0.4) is 0 Å². The van der Waals surface area contributed by atoms with Crippen LogP contribution >= 0.6 is 0 Å². The molecule has 340 valence electrons. The first-order chi connectivity index (χ1) is 27.2. The first kappa shape index (κ1) is 47.3.